The number of hydrogen-bond acceptors (Lipinski definition) is 5. The zero-order chi connectivity index (χ0) is 15.2. The summed E-state index contributed by atoms with van der Waals surface area (Å²) in [6, 6.07) is 10.9. The minimum absolute atomic E-state index is 0.108. The number of nitrogens with zero attached hydrogens (tertiary/aromatic N) is 1. The van der Waals surface area contributed by atoms with Gasteiger partial charge in [0.2, 0.25) is 5.91 Å². The Morgan fingerprint density at radius 3 is 2.76 bits per heavy atom. The number of carbonyl (C=O) groups excluding carboxylic acids is 1. The summed E-state index contributed by atoms with van der Waals surface area (Å²) in [6.45, 7) is 1.83. The number of benzene rings is 1. The molecule has 5 nitrogen and oxygen atoms in total. The van der Waals surface area contributed by atoms with Crippen LogP contribution in [0.5, 0.6) is 5.75 Å². The summed E-state index contributed by atoms with van der Waals surface area (Å²) < 4.78 is 5.21. The summed E-state index contributed by atoms with van der Waals surface area (Å²) in [5.41, 5.74) is 6.84. The lowest BCUT2D eigenvalue weighted by Gasteiger charge is -2.13. The fourth-order valence-electron chi connectivity index (χ4n) is 1.68. The van der Waals surface area contributed by atoms with Gasteiger partial charge in [0.15, 0.2) is 0 Å². The van der Waals surface area contributed by atoms with E-state index in [1.165, 1.54) is 11.8 Å². The summed E-state index contributed by atoms with van der Waals surface area (Å²) in [6.07, 6.45) is 1.58. The molecule has 0 aliphatic rings. The molecule has 0 saturated heterocycles. The van der Waals surface area contributed by atoms with Crippen molar-refractivity contribution in [2.75, 3.05) is 18.2 Å². The van der Waals surface area contributed by atoms with Crippen LogP contribution in [0.1, 0.15) is 6.92 Å². The molecule has 1 amide bonds. The van der Waals surface area contributed by atoms with Crippen LogP contribution >= 0.6 is 11.8 Å². The van der Waals surface area contributed by atoms with Crippen LogP contribution in [-0.4, -0.2) is 23.3 Å². The Hall–Kier alpha value is -2.21. The van der Waals surface area contributed by atoms with Gasteiger partial charge in [-0.15, -0.1) is 0 Å². The zero-order valence-electron chi connectivity index (χ0n) is 11.9. The summed E-state index contributed by atoms with van der Waals surface area (Å²) in [5.74, 6) is 0.525. The van der Waals surface area contributed by atoms with Gasteiger partial charge in [-0.3, -0.25) is 4.79 Å². The number of ether oxygens (including phenoxy) is 1. The lowest BCUT2D eigenvalue weighted by atomic mass is 10.3. The highest BCUT2D eigenvalue weighted by molar-refractivity contribution is 8.00. The average Bonchev–Trinajstić information content (AvgIpc) is 2.50. The molecule has 21 heavy (non-hydrogen) atoms. The maximum Gasteiger partial charge on any atom is 0.237 e. The number of carbonyl (C=O) groups is 1. The van der Waals surface area contributed by atoms with E-state index in [1.54, 1.807) is 37.6 Å². The Morgan fingerprint density at radius 1 is 1.33 bits per heavy atom. The summed E-state index contributed by atoms with van der Waals surface area (Å²) in [7, 11) is 1.57. The smallest absolute Gasteiger partial charge is 0.237 e. The first-order valence-electron chi connectivity index (χ1n) is 6.42. The van der Waals surface area contributed by atoms with Crippen molar-refractivity contribution in [2.45, 2.75) is 17.2 Å². The van der Waals surface area contributed by atoms with Gasteiger partial charge in [0.1, 0.15) is 5.75 Å². The fourth-order valence-corrected chi connectivity index (χ4v) is 2.47. The molecule has 0 aliphatic carbocycles. The SMILES string of the molecule is COc1ccccc1NC(=O)C(C)Sc1ccc(N)cn1. The van der Waals surface area contributed by atoms with Gasteiger partial charge in [-0.1, -0.05) is 23.9 Å². The van der Waals surface area contributed by atoms with Crippen molar-refractivity contribution in [2.24, 2.45) is 0 Å². The first-order valence-corrected chi connectivity index (χ1v) is 7.30. The van der Waals surface area contributed by atoms with Gasteiger partial charge in [0.05, 0.1) is 35.0 Å². The highest BCUT2D eigenvalue weighted by atomic mass is 32.2. The quantitative estimate of drug-likeness (QED) is 0.831. The summed E-state index contributed by atoms with van der Waals surface area (Å²) in [4.78, 5) is 16.4. The van der Waals surface area contributed by atoms with Crippen LogP contribution in [0, 0.1) is 0 Å². The van der Waals surface area contributed by atoms with Crippen molar-refractivity contribution >= 4 is 29.0 Å². The molecule has 110 valence electrons. The monoisotopic (exact) mass is 303 g/mol. The molecule has 0 fully saturated rings. The molecular formula is C15H17N3O2S. The standard InChI is InChI=1S/C15H17N3O2S/c1-10(21-14-8-7-11(16)9-17-14)15(19)18-12-5-3-4-6-13(12)20-2/h3-10H,16H2,1-2H3,(H,18,19). The first kappa shape index (κ1) is 15.2. The average molecular weight is 303 g/mol. The lowest BCUT2D eigenvalue weighted by Crippen LogP contribution is -2.22. The first-order chi connectivity index (χ1) is 10.1. The number of hydrogen-bond donors (Lipinski definition) is 2. The Morgan fingerprint density at radius 2 is 2.10 bits per heavy atom. The molecular weight excluding hydrogens is 286 g/mol. The van der Waals surface area contributed by atoms with E-state index < -0.39 is 0 Å². The highest BCUT2D eigenvalue weighted by Crippen LogP contribution is 2.26. The van der Waals surface area contributed by atoms with E-state index >= 15 is 0 Å². The van der Waals surface area contributed by atoms with Gasteiger partial charge in [-0.25, -0.2) is 4.98 Å². The molecule has 1 atom stereocenters. The third-order valence-corrected chi connectivity index (χ3v) is 3.84. The molecule has 2 rings (SSSR count). The van der Waals surface area contributed by atoms with E-state index in [2.05, 4.69) is 10.3 Å². The van der Waals surface area contributed by atoms with Crippen molar-refractivity contribution in [3.05, 3.63) is 42.6 Å². The van der Waals surface area contributed by atoms with E-state index in [-0.39, 0.29) is 11.2 Å². The number of aromatic nitrogens is 1. The number of pyridine rings is 1. The number of anilines is 2. The maximum atomic E-state index is 12.2. The predicted molar refractivity (Wildman–Crippen MR) is 85.6 cm³/mol. The molecule has 0 radical (unpaired) electrons. The Balaban J connectivity index is 2.01. The molecule has 0 bridgehead atoms. The van der Waals surface area contributed by atoms with E-state index in [4.69, 9.17) is 10.5 Å². The van der Waals surface area contributed by atoms with Crippen molar-refractivity contribution < 1.29 is 9.53 Å². The lowest BCUT2D eigenvalue weighted by molar-refractivity contribution is -0.115. The van der Waals surface area contributed by atoms with Gasteiger partial charge in [-0.2, -0.15) is 0 Å². The van der Waals surface area contributed by atoms with Gasteiger partial charge < -0.3 is 15.8 Å². The van der Waals surface area contributed by atoms with Crippen LogP contribution in [0.15, 0.2) is 47.6 Å². The third-order valence-electron chi connectivity index (χ3n) is 2.79. The molecule has 1 heterocycles. The van der Waals surface area contributed by atoms with E-state index in [9.17, 15) is 4.79 Å². The molecule has 1 unspecified atom stereocenters. The maximum absolute atomic E-state index is 12.2. The second-order valence-electron chi connectivity index (χ2n) is 4.38. The van der Waals surface area contributed by atoms with Crippen molar-refractivity contribution in [3.8, 4) is 5.75 Å². The van der Waals surface area contributed by atoms with Crippen LogP contribution in [0.25, 0.3) is 0 Å². The van der Waals surface area contributed by atoms with Crippen LogP contribution in [0.3, 0.4) is 0 Å². The molecule has 6 heteroatoms. The van der Waals surface area contributed by atoms with Crippen LogP contribution in [0.2, 0.25) is 0 Å². The molecule has 1 aromatic carbocycles. The molecule has 0 aliphatic heterocycles. The van der Waals surface area contributed by atoms with Crippen LogP contribution < -0.4 is 15.8 Å². The third kappa shape index (κ3) is 4.13. The van der Waals surface area contributed by atoms with Gasteiger partial charge in [0, 0.05) is 0 Å². The fraction of sp³-hybridized carbons (Fsp3) is 0.200. The van der Waals surface area contributed by atoms with Gasteiger partial charge in [-0.05, 0) is 31.2 Å². The van der Waals surface area contributed by atoms with Crippen molar-refractivity contribution in [1.29, 1.82) is 0 Å². The highest BCUT2D eigenvalue weighted by Gasteiger charge is 2.16. The molecule has 0 spiro atoms. The van der Waals surface area contributed by atoms with Crippen LogP contribution in [0.4, 0.5) is 11.4 Å². The Kier molecular flexibility index (Phi) is 5.05. The second-order valence-corrected chi connectivity index (χ2v) is 5.74. The Labute approximate surface area is 127 Å². The number of nitrogens with one attached hydrogen (secondary N) is 1. The van der Waals surface area contributed by atoms with Gasteiger partial charge >= 0.3 is 0 Å². The van der Waals surface area contributed by atoms with Crippen molar-refractivity contribution in [3.63, 3.8) is 0 Å². The number of para-hydroxylation sites is 2. The number of nitrogens with two attached hydrogens (primary N) is 1. The number of nitrogen functional groups attached to an aromatic ring is 1. The summed E-state index contributed by atoms with van der Waals surface area (Å²) >= 11 is 1.37. The number of rotatable bonds is 5. The Bertz CT molecular complexity index is 617. The largest absolute Gasteiger partial charge is 0.495 e. The van der Waals surface area contributed by atoms with Crippen LogP contribution in [-0.2, 0) is 4.79 Å². The normalized spacial score (nSPS) is 11.7. The summed E-state index contributed by atoms with van der Waals surface area (Å²) in [5, 5.41) is 3.33. The number of thioether (sulfide) groups is 1. The molecule has 3 N–H and O–H groups in total. The molecule has 1 aromatic heterocycles. The number of amides is 1. The topological polar surface area (TPSA) is 77.2 Å². The minimum Gasteiger partial charge on any atom is -0.495 e. The molecule has 2 aromatic rings. The van der Waals surface area contributed by atoms with Crippen molar-refractivity contribution in [1.82, 2.24) is 4.98 Å². The van der Waals surface area contributed by atoms with E-state index in [0.717, 1.165) is 5.03 Å². The minimum atomic E-state index is -0.286. The van der Waals surface area contributed by atoms with E-state index in [0.29, 0.717) is 17.1 Å². The number of methoxy groups -OCH3 is 1. The van der Waals surface area contributed by atoms with Gasteiger partial charge in [0.25, 0.3) is 0 Å². The predicted octanol–water partition coefficient (Wildman–Crippen LogP) is 2.79. The van der Waals surface area contributed by atoms with E-state index in [1.807, 2.05) is 19.1 Å². The molecule has 0 saturated carbocycles. The second kappa shape index (κ2) is 6.99. The zero-order valence-corrected chi connectivity index (χ0v) is 12.7.